The molecule has 3 nitrogen and oxygen atoms in total. The highest BCUT2D eigenvalue weighted by molar-refractivity contribution is 5.81. The van der Waals surface area contributed by atoms with Gasteiger partial charge in [-0.3, -0.25) is 4.79 Å². The van der Waals surface area contributed by atoms with E-state index >= 15 is 0 Å². The molecule has 0 saturated heterocycles. The predicted molar refractivity (Wildman–Crippen MR) is 39.8 cm³/mol. The summed E-state index contributed by atoms with van der Waals surface area (Å²) in [6.07, 6.45) is 0. The molecule has 0 aromatic carbocycles. The zero-order chi connectivity index (χ0) is 8.15. The van der Waals surface area contributed by atoms with Crippen LogP contribution in [0.15, 0.2) is 0 Å². The smallest absolute Gasteiger partial charge is 0.149 e. The van der Waals surface area contributed by atoms with E-state index in [2.05, 4.69) is 5.32 Å². The highest BCUT2D eigenvalue weighted by Crippen LogP contribution is 1.87. The Morgan fingerprint density at radius 2 is 2.10 bits per heavy atom. The third-order valence-electron chi connectivity index (χ3n) is 1.21. The number of hydrogen-bond donors (Lipinski definition) is 2. The molecule has 0 aliphatic heterocycles. The van der Waals surface area contributed by atoms with Crippen LogP contribution in [0.1, 0.15) is 20.8 Å². The van der Waals surface area contributed by atoms with E-state index in [-0.39, 0.29) is 24.5 Å². The fourth-order valence-electron chi connectivity index (χ4n) is 0.701. The zero-order valence-corrected chi connectivity index (χ0v) is 6.72. The van der Waals surface area contributed by atoms with Crippen LogP contribution in [-0.4, -0.2) is 29.6 Å². The highest BCUT2D eigenvalue weighted by Gasteiger charge is 2.12. The fraction of sp³-hybridized carbons (Fsp3) is 0.857. The second-order valence-corrected chi connectivity index (χ2v) is 2.67. The van der Waals surface area contributed by atoms with Crippen LogP contribution in [0.4, 0.5) is 0 Å². The Labute approximate surface area is 61.4 Å². The standard InChI is InChI=1S/C7H15NO2/c1-5(2)8-7(4-9)6(3)10/h5,7-9H,4H2,1-3H3/t7-/m0/s1. The summed E-state index contributed by atoms with van der Waals surface area (Å²) in [5.74, 6) is -0.0174. The molecule has 1 atom stereocenters. The van der Waals surface area contributed by atoms with E-state index in [1.807, 2.05) is 13.8 Å². The van der Waals surface area contributed by atoms with Crippen molar-refractivity contribution in [3.63, 3.8) is 0 Å². The summed E-state index contributed by atoms with van der Waals surface area (Å²) in [7, 11) is 0. The molecule has 0 bridgehead atoms. The van der Waals surface area contributed by atoms with Gasteiger partial charge in [0.05, 0.1) is 12.6 Å². The summed E-state index contributed by atoms with van der Waals surface area (Å²) < 4.78 is 0. The second-order valence-electron chi connectivity index (χ2n) is 2.67. The largest absolute Gasteiger partial charge is 0.394 e. The lowest BCUT2D eigenvalue weighted by Gasteiger charge is -2.15. The monoisotopic (exact) mass is 145 g/mol. The summed E-state index contributed by atoms with van der Waals surface area (Å²) in [6, 6.07) is -0.152. The van der Waals surface area contributed by atoms with Crippen LogP contribution in [0.2, 0.25) is 0 Å². The van der Waals surface area contributed by atoms with E-state index < -0.39 is 0 Å². The Kier molecular flexibility index (Phi) is 4.23. The number of ketones is 1. The second kappa shape index (κ2) is 4.41. The normalized spacial score (nSPS) is 13.7. The van der Waals surface area contributed by atoms with Crippen molar-refractivity contribution >= 4 is 5.78 Å². The number of hydrogen-bond acceptors (Lipinski definition) is 3. The van der Waals surface area contributed by atoms with E-state index in [0.717, 1.165) is 0 Å². The topological polar surface area (TPSA) is 49.3 Å². The molecule has 0 heterocycles. The van der Waals surface area contributed by atoms with Crippen molar-refractivity contribution in [2.45, 2.75) is 32.9 Å². The van der Waals surface area contributed by atoms with Gasteiger partial charge in [-0.2, -0.15) is 0 Å². The Hall–Kier alpha value is -0.410. The van der Waals surface area contributed by atoms with Crippen LogP contribution >= 0.6 is 0 Å². The van der Waals surface area contributed by atoms with Gasteiger partial charge in [0.15, 0.2) is 0 Å². The van der Waals surface area contributed by atoms with Crippen molar-refractivity contribution in [3.8, 4) is 0 Å². The third-order valence-corrected chi connectivity index (χ3v) is 1.21. The first-order valence-electron chi connectivity index (χ1n) is 3.45. The minimum Gasteiger partial charge on any atom is -0.394 e. The Balaban J connectivity index is 3.72. The molecule has 0 amide bonds. The number of aliphatic hydroxyl groups excluding tert-OH is 1. The van der Waals surface area contributed by atoms with Crippen molar-refractivity contribution < 1.29 is 9.90 Å². The van der Waals surface area contributed by atoms with Crippen LogP contribution in [0.5, 0.6) is 0 Å². The van der Waals surface area contributed by atoms with Gasteiger partial charge >= 0.3 is 0 Å². The van der Waals surface area contributed by atoms with Gasteiger partial charge in [-0.05, 0) is 6.92 Å². The first kappa shape index (κ1) is 9.59. The average molecular weight is 145 g/mol. The summed E-state index contributed by atoms with van der Waals surface area (Å²) in [5, 5.41) is 11.6. The lowest BCUT2D eigenvalue weighted by Crippen LogP contribution is -2.42. The third kappa shape index (κ3) is 3.58. The molecule has 2 N–H and O–H groups in total. The van der Waals surface area contributed by atoms with Gasteiger partial charge in [0, 0.05) is 6.04 Å². The number of aliphatic hydroxyl groups is 1. The lowest BCUT2D eigenvalue weighted by atomic mass is 10.2. The van der Waals surface area contributed by atoms with Gasteiger partial charge in [0.2, 0.25) is 0 Å². The van der Waals surface area contributed by atoms with Crippen LogP contribution < -0.4 is 5.32 Å². The average Bonchev–Trinajstić information content (AvgIpc) is 1.81. The van der Waals surface area contributed by atoms with Gasteiger partial charge in [-0.1, -0.05) is 13.8 Å². The van der Waals surface area contributed by atoms with Gasteiger partial charge < -0.3 is 10.4 Å². The van der Waals surface area contributed by atoms with Crippen LogP contribution in [0.25, 0.3) is 0 Å². The lowest BCUT2D eigenvalue weighted by molar-refractivity contribution is -0.120. The molecule has 0 fully saturated rings. The molecular weight excluding hydrogens is 130 g/mol. The SMILES string of the molecule is CC(=O)[C@H](CO)NC(C)C. The highest BCUT2D eigenvalue weighted by atomic mass is 16.3. The van der Waals surface area contributed by atoms with Crippen molar-refractivity contribution in [1.82, 2.24) is 5.32 Å². The van der Waals surface area contributed by atoms with Gasteiger partial charge in [-0.15, -0.1) is 0 Å². The van der Waals surface area contributed by atoms with E-state index in [9.17, 15) is 4.79 Å². The Morgan fingerprint density at radius 1 is 1.60 bits per heavy atom. The number of rotatable bonds is 4. The van der Waals surface area contributed by atoms with Crippen LogP contribution in [0.3, 0.4) is 0 Å². The maximum atomic E-state index is 10.7. The van der Waals surface area contributed by atoms with Gasteiger partial charge in [0.25, 0.3) is 0 Å². The van der Waals surface area contributed by atoms with E-state index in [1.54, 1.807) is 0 Å². The Morgan fingerprint density at radius 3 is 2.20 bits per heavy atom. The van der Waals surface area contributed by atoms with Crippen molar-refractivity contribution in [1.29, 1.82) is 0 Å². The molecule has 0 aliphatic carbocycles. The Bertz CT molecular complexity index is 112. The first-order valence-corrected chi connectivity index (χ1v) is 3.45. The van der Waals surface area contributed by atoms with E-state index in [4.69, 9.17) is 5.11 Å². The van der Waals surface area contributed by atoms with E-state index in [0.29, 0.717) is 0 Å². The quantitative estimate of drug-likeness (QED) is 0.582. The summed E-state index contributed by atoms with van der Waals surface area (Å²) >= 11 is 0. The van der Waals surface area contributed by atoms with Crippen molar-refractivity contribution in [2.75, 3.05) is 6.61 Å². The number of Topliss-reactive ketones (excluding diaryl/α,β-unsaturated/α-hetero) is 1. The minimum atomic E-state index is -0.389. The molecule has 0 spiro atoms. The molecule has 0 aliphatic rings. The molecule has 0 radical (unpaired) electrons. The molecule has 60 valence electrons. The molecule has 0 rings (SSSR count). The molecule has 0 saturated carbocycles. The van der Waals surface area contributed by atoms with E-state index in [1.165, 1.54) is 6.92 Å². The first-order chi connectivity index (χ1) is 4.57. The summed E-state index contributed by atoms with van der Waals surface area (Å²) in [4.78, 5) is 10.7. The summed E-state index contributed by atoms with van der Waals surface area (Å²) in [5.41, 5.74) is 0. The molecule has 0 unspecified atom stereocenters. The molecular formula is C7H15NO2. The number of carbonyl (C=O) groups excluding carboxylic acids is 1. The van der Waals surface area contributed by atoms with Crippen LogP contribution in [-0.2, 0) is 4.79 Å². The molecule has 3 heteroatoms. The summed E-state index contributed by atoms with van der Waals surface area (Å²) in [6.45, 7) is 5.22. The van der Waals surface area contributed by atoms with Gasteiger partial charge in [0.1, 0.15) is 5.78 Å². The molecule has 10 heavy (non-hydrogen) atoms. The van der Waals surface area contributed by atoms with Crippen molar-refractivity contribution in [2.24, 2.45) is 0 Å². The zero-order valence-electron chi connectivity index (χ0n) is 6.72. The molecule has 0 aromatic rings. The maximum Gasteiger partial charge on any atom is 0.149 e. The maximum absolute atomic E-state index is 10.7. The molecule has 0 aromatic heterocycles. The predicted octanol–water partition coefficient (Wildman–Crippen LogP) is -0.0657. The van der Waals surface area contributed by atoms with Crippen molar-refractivity contribution in [3.05, 3.63) is 0 Å². The number of carbonyl (C=O) groups is 1. The minimum absolute atomic E-state index is 0.0174. The number of nitrogens with one attached hydrogen (secondary N) is 1. The fourth-order valence-corrected chi connectivity index (χ4v) is 0.701. The van der Waals surface area contributed by atoms with Crippen LogP contribution in [0, 0.1) is 0 Å². The van der Waals surface area contributed by atoms with Gasteiger partial charge in [-0.25, -0.2) is 0 Å².